The first kappa shape index (κ1) is 36.1. The Balaban J connectivity index is 0.00000282. The molecule has 3 aromatic heterocycles. The summed E-state index contributed by atoms with van der Waals surface area (Å²) in [6.45, 7) is 17.9. The van der Waals surface area contributed by atoms with Gasteiger partial charge in [0.05, 0.1) is 48.0 Å². The molecular weight excluding hydrogens is 604 g/mol. The molecule has 4 aromatic rings. The summed E-state index contributed by atoms with van der Waals surface area (Å²) in [5.41, 5.74) is 3.58. The first-order chi connectivity index (χ1) is 21.7. The number of aromatic nitrogens is 5. The molecule has 0 aliphatic carbocycles. The van der Waals surface area contributed by atoms with Gasteiger partial charge < -0.3 is 25.8 Å². The van der Waals surface area contributed by atoms with Gasteiger partial charge in [0.15, 0.2) is 0 Å². The number of benzene rings is 1. The molecule has 0 saturated carbocycles. The molecule has 3 heterocycles. The quantitative estimate of drug-likeness (QED) is 0.162. The number of aliphatic hydroxyl groups is 1. The molecule has 0 saturated heterocycles. The van der Waals surface area contributed by atoms with E-state index in [1.165, 1.54) is 11.3 Å². The molecule has 1 atom stereocenters. The average Bonchev–Trinajstić information content (AvgIpc) is 3.66. The maximum absolute atomic E-state index is 12.7. The number of aliphatic hydroxyl groups excluding tert-OH is 1. The zero-order valence-corrected chi connectivity index (χ0v) is 29.0. The van der Waals surface area contributed by atoms with Gasteiger partial charge in [0.2, 0.25) is 5.95 Å². The molecule has 2 amide bonds. The lowest BCUT2D eigenvalue weighted by Crippen LogP contribution is -2.43. The number of amides is 2. The number of hydrogen-bond donors (Lipinski definition) is 4. The van der Waals surface area contributed by atoms with Crippen LogP contribution in [0.15, 0.2) is 49.1 Å². The third-order valence-corrected chi connectivity index (χ3v) is 7.76. The van der Waals surface area contributed by atoms with Gasteiger partial charge in [-0.15, -0.1) is 11.3 Å². The molecule has 46 heavy (non-hydrogen) atoms. The lowest BCUT2D eigenvalue weighted by Gasteiger charge is -2.22. The Morgan fingerprint density at radius 3 is 2.43 bits per heavy atom. The van der Waals surface area contributed by atoms with Crippen LogP contribution >= 0.6 is 11.3 Å². The van der Waals surface area contributed by atoms with Gasteiger partial charge in [-0.05, 0) is 51.0 Å². The molecule has 0 bridgehead atoms. The summed E-state index contributed by atoms with van der Waals surface area (Å²) in [6, 6.07) is 7.24. The first-order valence-electron chi connectivity index (χ1n) is 15.3. The zero-order valence-electron chi connectivity index (χ0n) is 28.1. The van der Waals surface area contributed by atoms with Crippen molar-refractivity contribution < 1.29 is 19.4 Å². The maximum atomic E-state index is 12.7. The van der Waals surface area contributed by atoms with Gasteiger partial charge in [0.25, 0.3) is 5.91 Å². The van der Waals surface area contributed by atoms with Crippen molar-refractivity contribution in [3.8, 4) is 11.3 Å². The summed E-state index contributed by atoms with van der Waals surface area (Å²) in [6.07, 6.45) is 6.05. The number of ether oxygens (including phenoxy) is 1. The molecule has 4 N–H and O–H groups in total. The second kappa shape index (κ2) is 15.8. The Morgan fingerprint density at radius 1 is 1.07 bits per heavy atom. The van der Waals surface area contributed by atoms with Crippen LogP contribution in [-0.4, -0.2) is 60.1 Å². The normalized spacial score (nSPS) is 12.0. The lowest BCUT2D eigenvalue weighted by atomic mass is 9.98. The van der Waals surface area contributed by atoms with Gasteiger partial charge in [-0.1, -0.05) is 46.8 Å². The number of rotatable bonds is 10. The minimum atomic E-state index is -0.640. The number of aryl methyl sites for hydroxylation is 1. The number of carbonyl (C=O) groups excluding carboxylic acids is 2. The number of carbonyl (C=O) groups is 2. The van der Waals surface area contributed by atoms with E-state index in [1.54, 1.807) is 50.2 Å². The van der Waals surface area contributed by atoms with E-state index in [0.29, 0.717) is 23.1 Å². The third-order valence-electron chi connectivity index (χ3n) is 6.34. The van der Waals surface area contributed by atoms with E-state index in [-0.39, 0.29) is 24.5 Å². The van der Waals surface area contributed by atoms with E-state index >= 15 is 0 Å². The van der Waals surface area contributed by atoms with Crippen molar-refractivity contribution in [1.29, 1.82) is 0 Å². The van der Waals surface area contributed by atoms with Gasteiger partial charge in [0, 0.05) is 29.9 Å². The predicted molar refractivity (Wildman–Crippen MR) is 181 cm³/mol. The Kier molecular flexibility index (Phi) is 12.4. The van der Waals surface area contributed by atoms with Crippen LogP contribution in [0.5, 0.6) is 0 Å². The smallest absolute Gasteiger partial charge is 0.408 e. The first-order valence-corrected chi connectivity index (χ1v) is 16.1. The number of thiazole rings is 1. The summed E-state index contributed by atoms with van der Waals surface area (Å²) in [7, 11) is 0. The number of anilines is 2. The van der Waals surface area contributed by atoms with Crippen molar-refractivity contribution in [2.45, 2.75) is 92.5 Å². The zero-order chi connectivity index (χ0) is 34.1. The van der Waals surface area contributed by atoms with Crippen molar-refractivity contribution in [3.05, 3.63) is 70.1 Å². The van der Waals surface area contributed by atoms with Crippen LogP contribution in [0, 0.1) is 6.92 Å². The van der Waals surface area contributed by atoms with E-state index in [1.807, 2.05) is 45.0 Å². The standard InChI is InChI=1S/C31H40N8O4S.C2H6/c1-19-12-20(8-9-21(19)13-33-26(41)25-15-34-27(44-25)30(2,3)4)24-10-11-32-28(38-24)36-22-14-35-39(16-22)17-23(18-40)37-29(42)43-31(5,6)7;1-2/h8-12,14-16,23,40H,13,17-18H2,1-7H3,(H,33,41)(H,37,42)(H,32,36,38);1-2H3. The van der Waals surface area contributed by atoms with E-state index in [9.17, 15) is 14.7 Å². The number of nitrogens with zero attached hydrogens (tertiary/aromatic N) is 5. The van der Waals surface area contributed by atoms with Crippen LogP contribution in [0.25, 0.3) is 11.3 Å². The van der Waals surface area contributed by atoms with E-state index in [4.69, 9.17) is 4.74 Å². The lowest BCUT2D eigenvalue weighted by molar-refractivity contribution is 0.0474. The van der Waals surface area contributed by atoms with E-state index < -0.39 is 17.7 Å². The van der Waals surface area contributed by atoms with Crippen LogP contribution in [0.4, 0.5) is 16.4 Å². The summed E-state index contributed by atoms with van der Waals surface area (Å²) in [5.74, 6) is 0.253. The van der Waals surface area contributed by atoms with Gasteiger partial charge >= 0.3 is 6.09 Å². The largest absolute Gasteiger partial charge is 0.444 e. The molecule has 4 rings (SSSR count). The summed E-state index contributed by atoms with van der Waals surface area (Å²) in [5, 5.41) is 23.7. The highest BCUT2D eigenvalue weighted by atomic mass is 32.1. The molecule has 0 aliphatic heterocycles. The van der Waals surface area contributed by atoms with E-state index in [2.05, 4.69) is 56.8 Å². The molecule has 0 spiro atoms. The fraction of sp³-hybridized carbons (Fsp3) is 0.455. The molecule has 12 nitrogen and oxygen atoms in total. The minimum absolute atomic E-state index is 0.0971. The highest BCUT2D eigenvalue weighted by Gasteiger charge is 2.21. The number of alkyl carbamates (subject to hydrolysis) is 1. The monoisotopic (exact) mass is 650 g/mol. The molecular formula is C33H46N8O4S. The topological polar surface area (TPSA) is 156 Å². The van der Waals surface area contributed by atoms with Crippen molar-refractivity contribution in [1.82, 2.24) is 35.4 Å². The fourth-order valence-electron chi connectivity index (χ4n) is 4.13. The Bertz CT molecular complexity index is 1600. The van der Waals surface area contributed by atoms with Gasteiger partial charge in [-0.3, -0.25) is 9.48 Å². The van der Waals surface area contributed by atoms with Crippen molar-refractivity contribution in [2.75, 3.05) is 11.9 Å². The fourth-order valence-corrected chi connectivity index (χ4v) is 5.02. The molecule has 0 aliphatic rings. The average molecular weight is 651 g/mol. The van der Waals surface area contributed by atoms with Crippen molar-refractivity contribution in [2.24, 2.45) is 0 Å². The molecule has 1 aromatic carbocycles. The Morgan fingerprint density at radius 2 is 1.80 bits per heavy atom. The molecule has 0 radical (unpaired) electrons. The van der Waals surface area contributed by atoms with Gasteiger partial charge in [0.1, 0.15) is 10.5 Å². The maximum Gasteiger partial charge on any atom is 0.408 e. The highest BCUT2D eigenvalue weighted by Crippen LogP contribution is 2.27. The van der Waals surface area contributed by atoms with Crippen molar-refractivity contribution in [3.63, 3.8) is 0 Å². The van der Waals surface area contributed by atoms with Crippen LogP contribution in [0.1, 0.15) is 81.2 Å². The van der Waals surface area contributed by atoms with Gasteiger partial charge in [-0.2, -0.15) is 5.10 Å². The third kappa shape index (κ3) is 10.6. The summed E-state index contributed by atoms with van der Waals surface area (Å²) >= 11 is 1.42. The Labute approximate surface area is 275 Å². The van der Waals surface area contributed by atoms with Crippen LogP contribution in [-0.2, 0) is 23.2 Å². The van der Waals surface area contributed by atoms with Crippen LogP contribution in [0.2, 0.25) is 0 Å². The minimum Gasteiger partial charge on any atom is -0.444 e. The SMILES string of the molecule is CC.Cc1cc(-c2ccnc(Nc3cnn(CC(CO)NC(=O)OC(C)(C)C)c3)n2)ccc1CNC(=O)c1cnc(C(C)(C)C)s1. The Hall–Kier alpha value is -4.36. The predicted octanol–water partition coefficient (Wildman–Crippen LogP) is 5.99. The highest BCUT2D eigenvalue weighted by molar-refractivity contribution is 7.13. The van der Waals surface area contributed by atoms with Crippen molar-refractivity contribution >= 4 is 35.0 Å². The second-order valence-electron chi connectivity index (χ2n) is 12.5. The van der Waals surface area contributed by atoms with Crippen LogP contribution < -0.4 is 16.0 Å². The molecule has 248 valence electrons. The molecule has 1 unspecified atom stereocenters. The molecule has 0 fully saturated rings. The van der Waals surface area contributed by atoms with E-state index in [0.717, 1.165) is 27.4 Å². The second-order valence-corrected chi connectivity index (χ2v) is 13.5. The van der Waals surface area contributed by atoms with Gasteiger partial charge in [-0.25, -0.2) is 19.7 Å². The summed E-state index contributed by atoms with van der Waals surface area (Å²) < 4.78 is 6.86. The summed E-state index contributed by atoms with van der Waals surface area (Å²) in [4.78, 5) is 38.8. The molecule has 13 heteroatoms. The number of nitrogens with one attached hydrogen (secondary N) is 3. The number of hydrogen-bond acceptors (Lipinski definition) is 10. The van der Waals surface area contributed by atoms with Crippen LogP contribution in [0.3, 0.4) is 0 Å².